The van der Waals surface area contributed by atoms with Crippen LogP contribution < -0.4 is 0 Å². The molecule has 1 amide bonds. The molecule has 1 atom stereocenters. The van der Waals surface area contributed by atoms with Crippen LogP contribution in [0.1, 0.15) is 56.2 Å². The Labute approximate surface area is 155 Å². The van der Waals surface area contributed by atoms with Crippen molar-refractivity contribution in [2.24, 2.45) is 5.92 Å². The number of piperidine rings is 2. The van der Waals surface area contributed by atoms with Gasteiger partial charge in [-0.05, 0) is 58.7 Å². The fraction of sp³-hybridized carbons (Fsp3) is 0.842. The van der Waals surface area contributed by atoms with Crippen LogP contribution >= 0.6 is 0 Å². The molecule has 4 rings (SSSR count). The summed E-state index contributed by atoms with van der Waals surface area (Å²) in [7, 11) is 2.13. The maximum Gasteiger partial charge on any atom is 0.229 e. The van der Waals surface area contributed by atoms with E-state index in [9.17, 15) is 4.79 Å². The first kappa shape index (κ1) is 17.9. The molecule has 0 radical (unpaired) electrons. The molecular weight excluding hydrogens is 332 g/mol. The van der Waals surface area contributed by atoms with Crippen molar-refractivity contribution in [3.05, 3.63) is 11.7 Å². The van der Waals surface area contributed by atoms with E-state index in [4.69, 9.17) is 9.26 Å². The predicted octanol–water partition coefficient (Wildman–Crippen LogP) is 1.84. The third kappa shape index (κ3) is 4.43. The lowest BCUT2D eigenvalue weighted by molar-refractivity contribution is -0.141. The number of carbonyl (C=O) groups is 1. The Kier molecular flexibility index (Phi) is 5.55. The summed E-state index contributed by atoms with van der Waals surface area (Å²) >= 11 is 0. The van der Waals surface area contributed by atoms with E-state index in [2.05, 4.69) is 22.1 Å². The van der Waals surface area contributed by atoms with E-state index >= 15 is 0 Å². The summed E-state index contributed by atoms with van der Waals surface area (Å²) in [6, 6.07) is 0. The molecule has 1 aromatic rings. The molecular formula is C19H30N4O3. The van der Waals surface area contributed by atoms with Crippen molar-refractivity contribution >= 4 is 5.91 Å². The first-order valence-corrected chi connectivity index (χ1v) is 10.1. The van der Waals surface area contributed by atoms with Crippen molar-refractivity contribution in [3.63, 3.8) is 0 Å². The molecule has 0 spiro atoms. The first-order chi connectivity index (χ1) is 12.7. The van der Waals surface area contributed by atoms with E-state index in [0.717, 1.165) is 63.6 Å². The standard InChI is InChI=1S/C19H30N4O3/c1-22-10-6-15(7-11-22)19(24)23-9-2-3-16(13-23)25-12-8-17-20-18(26-21-17)14-4-5-14/h14-16H,2-13H2,1H3. The summed E-state index contributed by atoms with van der Waals surface area (Å²) in [5.74, 6) is 2.55. The molecule has 144 valence electrons. The maximum atomic E-state index is 12.8. The van der Waals surface area contributed by atoms with Crippen LogP contribution in [-0.4, -0.2) is 71.8 Å². The molecule has 3 heterocycles. The smallest absolute Gasteiger partial charge is 0.229 e. The van der Waals surface area contributed by atoms with Gasteiger partial charge in [-0.15, -0.1) is 0 Å². The molecule has 2 saturated heterocycles. The van der Waals surface area contributed by atoms with Gasteiger partial charge < -0.3 is 19.1 Å². The highest BCUT2D eigenvalue weighted by molar-refractivity contribution is 5.79. The van der Waals surface area contributed by atoms with Gasteiger partial charge in [-0.1, -0.05) is 5.16 Å². The van der Waals surface area contributed by atoms with Crippen LogP contribution in [0.15, 0.2) is 4.52 Å². The van der Waals surface area contributed by atoms with Crippen molar-refractivity contribution in [2.75, 3.05) is 39.8 Å². The minimum Gasteiger partial charge on any atom is -0.376 e. The van der Waals surface area contributed by atoms with Crippen molar-refractivity contribution in [1.29, 1.82) is 0 Å². The fourth-order valence-electron chi connectivity index (χ4n) is 3.97. The van der Waals surface area contributed by atoms with Crippen LogP contribution in [-0.2, 0) is 16.0 Å². The average Bonchev–Trinajstić information content (AvgIpc) is 3.41. The summed E-state index contributed by atoms with van der Waals surface area (Å²) in [6.07, 6.45) is 7.16. The lowest BCUT2D eigenvalue weighted by Gasteiger charge is -2.37. The van der Waals surface area contributed by atoms with Crippen molar-refractivity contribution in [2.45, 2.75) is 57.0 Å². The topological polar surface area (TPSA) is 71.7 Å². The number of amides is 1. The number of carbonyl (C=O) groups excluding carboxylic acids is 1. The lowest BCUT2D eigenvalue weighted by Crippen LogP contribution is -2.47. The number of hydrogen-bond donors (Lipinski definition) is 0. The number of hydrogen-bond acceptors (Lipinski definition) is 6. The molecule has 3 fully saturated rings. The summed E-state index contributed by atoms with van der Waals surface area (Å²) in [5, 5.41) is 4.04. The second kappa shape index (κ2) is 8.05. The molecule has 7 heteroatoms. The van der Waals surface area contributed by atoms with Crippen molar-refractivity contribution < 1.29 is 14.1 Å². The number of nitrogens with zero attached hydrogens (tertiary/aromatic N) is 4. The summed E-state index contributed by atoms with van der Waals surface area (Å²) in [5.41, 5.74) is 0. The number of rotatable bonds is 6. The number of likely N-dealkylation sites (tertiary alicyclic amines) is 2. The van der Waals surface area contributed by atoms with E-state index in [1.54, 1.807) is 0 Å². The third-order valence-corrected chi connectivity index (χ3v) is 5.85. The SMILES string of the molecule is CN1CCC(C(=O)N2CCCC(OCCc3noc(C4CC4)n3)C2)CC1. The summed E-state index contributed by atoms with van der Waals surface area (Å²) in [4.78, 5) is 21.6. The molecule has 0 aromatic carbocycles. The van der Waals surface area contributed by atoms with Gasteiger partial charge in [0.15, 0.2) is 5.82 Å². The highest BCUT2D eigenvalue weighted by Gasteiger charge is 2.31. The Balaban J connectivity index is 1.21. The molecule has 3 aliphatic rings. The first-order valence-electron chi connectivity index (χ1n) is 10.1. The van der Waals surface area contributed by atoms with Gasteiger partial charge in [0.25, 0.3) is 0 Å². The van der Waals surface area contributed by atoms with Crippen LogP contribution in [0.5, 0.6) is 0 Å². The zero-order valence-electron chi connectivity index (χ0n) is 15.7. The van der Waals surface area contributed by atoms with E-state index in [0.29, 0.717) is 24.9 Å². The maximum absolute atomic E-state index is 12.8. The van der Waals surface area contributed by atoms with E-state index in [-0.39, 0.29) is 12.0 Å². The second-order valence-electron chi connectivity index (χ2n) is 8.07. The van der Waals surface area contributed by atoms with Gasteiger partial charge in [-0.3, -0.25) is 4.79 Å². The van der Waals surface area contributed by atoms with Crippen LogP contribution in [0.25, 0.3) is 0 Å². The quantitative estimate of drug-likeness (QED) is 0.769. The summed E-state index contributed by atoms with van der Waals surface area (Å²) in [6.45, 7) is 4.24. The molecule has 1 aliphatic carbocycles. The molecule has 26 heavy (non-hydrogen) atoms. The van der Waals surface area contributed by atoms with Crippen LogP contribution in [0.4, 0.5) is 0 Å². The van der Waals surface area contributed by atoms with Crippen LogP contribution in [0, 0.1) is 5.92 Å². The van der Waals surface area contributed by atoms with E-state index < -0.39 is 0 Å². The Morgan fingerprint density at radius 1 is 1.19 bits per heavy atom. The molecule has 0 N–H and O–H groups in total. The Morgan fingerprint density at radius 2 is 2.00 bits per heavy atom. The Bertz CT molecular complexity index is 608. The zero-order valence-corrected chi connectivity index (χ0v) is 15.7. The average molecular weight is 362 g/mol. The molecule has 2 aliphatic heterocycles. The molecule has 7 nitrogen and oxygen atoms in total. The molecule has 1 saturated carbocycles. The minimum absolute atomic E-state index is 0.133. The van der Waals surface area contributed by atoms with E-state index in [1.807, 2.05) is 4.90 Å². The lowest BCUT2D eigenvalue weighted by atomic mass is 9.94. The van der Waals surface area contributed by atoms with Gasteiger partial charge in [0.1, 0.15) is 0 Å². The highest BCUT2D eigenvalue weighted by Crippen LogP contribution is 2.38. The Morgan fingerprint density at radius 3 is 2.77 bits per heavy atom. The predicted molar refractivity (Wildman–Crippen MR) is 95.8 cm³/mol. The highest BCUT2D eigenvalue weighted by atomic mass is 16.5. The van der Waals surface area contributed by atoms with Gasteiger partial charge in [-0.2, -0.15) is 4.98 Å². The molecule has 0 bridgehead atoms. The largest absolute Gasteiger partial charge is 0.376 e. The van der Waals surface area contributed by atoms with Crippen LogP contribution in [0.3, 0.4) is 0 Å². The summed E-state index contributed by atoms with van der Waals surface area (Å²) < 4.78 is 11.3. The minimum atomic E-state index is 0.133. The third-order valence-electron chi connectivity index (χ3n) is 5.85. The second-order valence-corrected chi connectivity index (χ2v) is 8.07. The van der Waals surface area contributed by atoms with E-state index in [1.165, 1.54) is 12.8 Å². The Hall–Kier alpha value is -1.47. The normalized spacial score (nSPS) is 25.6. The number of ether oxygens (including phenoxy) is 1. The van der Waals surface area contributed by atoms with Gasteiger partial charge in [0, 0.05) is 31.3 Å². The zero-order chi connectivity index (χ0) is 17.9. The van der Waals surface area contributed by atoms with Crippen molar-refractivity contribution in [3.8, 4) is 0 Å². The molecule has 1 aromatic heterocycles. The van der Waals surface area contributed by atoms with Gasteiger partial charge >= 0.3 is 0 Å². The monoisotopic (exact) mass is 362 g/mol. The van der Waals surface area contributed by atoms with Gasteiger partial charge in [-0.25, -0.2) is 0 Å². The number of aromatic nitrogens is 2. The fourth-order valence-corrected chi connectivity index (χ4v) is 3.97. The molecule has 1 unspecified atom stereocenters. The van der Waals surface area contributed by atoms with Crippen LogP contribution in [0.2, 0.25) is 0 Å². The van der Waals surface area contributed by atoms with Gasteiger partial charge in [0.2, 0.25) is 11.8 Å². The van der Waals surface area contributed by atoms with Crippen molar-refractivity contribution in [1.82, 2.24) is 19.9 Å². The van der Waals surface area contributed by atoms with Gasteiger partial charge in [0.05, 0.1) is 12.7 Å².